The number of carbonyl (C=O) groups excluding carboxylic acids is 2. The van der Waals surface area contributed by atoms with E-state index in [4.69, 9.17) is 30.5 Å². The van der Waals surface area contributed by atoms with E-state index < -0.39 is 7.12 Å². The van der Waals surface area contributed by atoms with Crippen LogP contribution in [0.4, 0.5) is 23.0 Å². The number of pyridine rings is 2. The second-order valence-electron chi connectivity index (χ2n) is 21.9. The van der Waals surface area contributed by atoms with Gasteiger partial charge in [0.05, 0.1) is 66.9 Å². The number of imidazole rings is 2. The van der Waals surface area contributed by atoms with Gasteiger partial charge < -0.3 is 35.9 Å². The molecular formula is C67H61BBrN9O6. The van der Waals surface area contributed by atoms with E-state index in [0.29, 0.717) is 10.9 Å². The Hall–Kier alpha value is -9.00. The molecule has 0 spiro atoms. The van der Waals surface area contributed by atoms with Crippen LogP contribution in [0.2, 0.25) is 0 Å². The number of hydrogen-bond donors (Lipinski definition) is 5. The third-order valence-corrected chi connectivity index (χ3v) is 17.1. The Morgan fingerprint density at radius 2 is 1.05 bits per heavy atom. The van der Waals surface area contributed by atoms with E-state index in [0.717, 1.165) is 120 Å². The van der Waals surface area contributed by atoms with Crippen LogP contribution in [-0.2, 0) is 42.9 Å². The van der Waals surface area contributed by atoms with Gasteiger partial charge in [-0.3, -0.25) is 18.7 Å². The van der Waals surface area contributed by atoms with Crippen LogP contribution in [0.25, 0.3) is 67.9 Å². The van der Waals surface area contributed by atoms with Gasteiger partial charge in [0.15, 0.2) is 11.6 Å². The van der Waals surface area contributed by atoms with Gasteiger partial charge in [0.1, 0.15) is 16.3 Å². The second kappa shape index (κ2) is 23.3. The van der Waals surface area contributed by atoms with E-state index in [9.17, 15) is 9.59 Å². The first-order valence-electron chi connectivity index (χ1n) is 28.0. The molecule has 14 rings (SSSR count). The smallest absolute Gasteiger partial charge is 0.469 e. The standard InChI is InChI=1S/C33H29N5O2.C25H21BrN4.C9H11BO4/c1-40-28(39)20-21-9-11-22(12-10-21)29-30(23-13-15-24(16-14-23)33(34)17-5-18-33)38-27-8-4-19-35-31(27)36-26-7-3-2-6-25(26)32(38)37-29;1-25(13-5-14-25)17-11-9-16(10-12-17)21-22(26)29-24-18-6-2-3-7-19(18)28-23-20(30(21)24)8-4-15-27-23;1-14-9(11)6-7-2-4-8(5-3-7)10(12)13/h2-4,6-16,19H,5,17-18,20,34H2,1H3,(H,35,36);2-4,6-12,15H,5,13-14H2,1H3,(H,27,28);2-5,12-13H,6H2,1H3. The molecule has 0 amide bonds. The van der Waals surface area contributed by atoms with Gasteiger partial charge in [-0.15, -0.1) is 0 Å². The largest absolute Gasteiger partial charge is 0.488 e. The number of nitrogens with one attached hydrogen (secondary N) is 2. The number of esters is 2. The number of fused-ring (bicyclic) bond motifs is 10. The van der Waals surface area contributed by atoms with Crippen molar-refractivity contribution in [1.29, 1.82) is 0 Å². The van der Waals surface area contributed by atoms with E-state index in [1.54, 1.807) is 30.5 Å². The predicted octanol–water partition coefficient (Wildman–Crippen LogP) is 12.3. The molecule has 0 unspecified atom stereocenters. The lowest BCUT2D eigenvalue weighted by molar-refractivity contribution is -0.140. The number of aromatic nitrogens is 6. The minimum absolute atomic E-state index is 0.193. The fraction of sp³-hybridized carbons (Fsp3) is 0.194. The summed E-state index contributed by atoms with van der Waals surface area (Å²) in [6.45, 7) is 2.37. The van der Waals surface area contributed by atoms with Crippen molar-refractivity contribution in [3.63, 3.8) is 0 Å². The molecule has 420 valence electrons. The summed E-state index contributed by atoms with van der Waals surface area (Å²) < 4.78 is 14.6. The highest BCUT2D eigenvalue weighted by Crippen LogP contribution is 2.48. The van der Waals surface area contributed by atoms with E-state index in [1.807, 2.05) is 72.9 Å². The molecule has 0 radical (unpaired) electrons. The molecule has 2 aliphatic carbocycles. The first-order chi connectivity index (χ1) is 40.8. The van der Waals surface area contributed by atoms with Crippen molar-refractivity contribution >= 4 is 63.5 Å². The molecule has 4 aromatic heterocycles. The van der Waals surface area contributed by atoms with Crippen molar-refractivity contribution in [1.82, 2.24) is 29.1 Å². The molecule has 0 atom stereocenters. The van der Waals surface area contributed by atoms with Crippen LogP contribution < -0.4 is 21.8 Å². The second-order valence-corrected chi connectivity index (χ2v) is 22.6. The normalized spacial score (nSPS) is 14.2. The maximum absolute atomic E-state index is 11.8. The molecule has 17 heteroatoms. The Labute approximate surface area is 495 Å². The summed E-state index contributed by atoms with van der Waals surface area (Å²) in [6.07, 6.45) is 11.1. The Morgan fingerprint density at radius 1 is 0.583 bits per heavy atom. The van der Waals surface area contributed by atoms with Gasteiger partial charge in [-0.05, 0) is 130 Å². The summed E-state index contributed by atoms with van der Waals surface area (Å²) in [6, 6.07) is 56.5. The number of rotatable bonds is 10. The molecule has 0 saturated heterocycles. The zero-order valence-corrected chi connectivity index (χ0v) is 48.3. The molecule has 15 nitrogen and oxygen atoms in total. The first kappa shape index (κ1) is 55.5. The molecule has 0 bridgehead atoms. The maximum atomic E-state index is 11.8. The van der Waals surface area contributed by atoms with Gasteiger partial charge in [-0.25, -0.2) is 19.9 Å². The zero-order valence-electron chi connectivity index (χ0n) is 46.7. The van der Waals surface area contributed by atoms with Crippen molar-refractivity contribution in [2.75, 3.05) is 24.9 Å². The molecule has 6 N–H and O–H groups in total. The van der Waals surface area contributed by atoms with Crippen LogP contribution in [-0.4, -0.2) is 72.4 Å². The van der Waals surface area contributed by atoms with Crippen LogP contribution in [0.3, 0.4) is 0 Å². The lowest BCUT2D eigenvalue weighted by Gasteiger charge is -2.39. The van der Waals surface area contributed by atoms with Crippen molar-refractivity contribution in [2.24, 2.45) is 5.73 Å². The lowest BCUT2D eigenvalue weighted by Crippen LogP contribution is -2.43. The fourth-order valence-electron chi connectivity index (χ4n) is 11.4. The van der Waals surface area contributed by atoms with E-state index >= 15 is 0 Å². The number of halogens is 1. The number of para-hydroxylation sites is 2. The highest BCUT2D eigenvalue weighted by atomic mass is 79.9. The number of benzene rings is 6. The first-order valence-corrected chi connectivity index (χ1v) is 28.8. The molecule has 2 aliphatic heterocycles. The quantitative estimate of drug-likeness (QED) is 0.0639. The van der Waals surface area contributed by atoms with Crippen molar-refractivity contribution in [3.8, 4) is 67.9 Å². The Morgan fingerprint density at radius 3 is 1.54 bits per heavy atom. The minimum Gasteiger partial charge on any atom is -0.469 e. The van der Waals surface area contributed by atoms with Gasteiger partial charge in [0.25, 0.3) is 0 Å². The van der Waals surface area contributed by atoms with Crippen LogP contribution in [0, 0.1) is 0 Å². The van der Waals surface area contributed by atoms with E-state index in [-0.39, 0.29) is 30.3 Å². The lowest BCUT2D eigenvalue weighted by atomic mass is 9.66. The van der Waals surface area contributed by atoms with Crippen molar-refractivity contribution in [3.05, 3.63) is 209 Å². The van der Waals surface area contributed by atoms with Crippen LogP contribution in [0.15, 0.2) is 187 Å². The number of nitrogens with zero attached hydrogens (tertiary/aromatic N) is 6. The number of nitrogens with two attached hydrogens (primary N) is 1. The molecular weight excluding hydrogens is 1120 g/mol. The Kier molecular flexibility index (Phi) is 15.4. The molecule has 10 aromatic rings. The average molecular weight is 1180 g/mol. The van der Waals surface area contributed by atoms with Gasteiger partial charge in [0.2, 0.25) is 0 Å². The summed E-state index contributed by atoms with van der Waals surface area (Å²) >= 11 is 3.75. The van der Waals surface area contributed by atoms with Crippen LogP contribution in [0.1, 0.15) is 67.7 Å². The molecule has 2 saturated carbocycles. The third kappa shape index (κ3) is 10.8. The highest BCUT2D eigenvalue weighted by molar-refractivity contribution is 9.10. The van der Waals surface area contributed by atoms with Gasteiger partial charge in [0, 0.05) is 45.7 Å². The average Bonchev–Trinajstić information content (AvgIpc) is 4.14. The summed E-state index contributed by atoms with van der Waals surface area (Å²) in [4.78, 5) is 42.2. The molecule has 4 aliphatic rings. The van der Waals surface area contributed by atoms with Crippen molar-refractivity contribution in [2.45, 2.75) is 69.2 Å². The molecule has 6 aromatic carbocycles. The van der Waals surface area contributed by atoms with Gasteiger partial charge >= 0.3 is 19.1 Å². The molecule has 6 heterocycles. The van der Waals surface area contributed by atoms with Gasteiger partial charge in [-0.1, -0.05) is 135 Å². The molecule has 2 fully saturated rings. The fourth-order valence-corrected chi connectivity index (χ4v) is 12.0. The van der Waals surface area contributed by atoms with Crippen molar-refractivity contribution < 1.29 is 29.1 Å². The van der Waals surface area contributed by atoms with E-state index in [2.05, 4.69) is 136 Å². The summed E-state index contributed by atoms with van der Waals surface area (Å²) in [5.41, 5.74) is 23.3. The number of methoxy groups -OCH3 is 2. The number of hydrogen-bond acceptors (Lipinski definition) is 13. The SMILES string of the molecule is CC1(c2ccc(-c3c(Br)nc4n3-c3cccnc3Nc3ccccc3-4)cc2)CCC1.COC(=O)Cc1ccc(-c2nc3n(c2-c2ccc(C4(N)CCC4)cc2)-c2cccnc2Nc2ccccc2-3)cc1.COC(=O)Cc1ccc(B(O)O)cc1. The Bertz CT molecular complexity index is 4060. The van der Waals surface area contributed by atoms with E-state index in [1.165, 1.54) is 51.0 Å². The topological polar surface area (TPSA) is 205 Å². The third-order valence-electron chi connectivity index (χ3n) is 16.6. The van der Waals surface area contributed by atoms with Crippen LogP contribution >= 0.6 is 15.9 Å². The highest BCUT2D eigenvalue weighted by Gasteiger charge is 2.36. The van der Waals surface area contributed by atoms with Crippen LogP contribution in [0.5, 0.6) is 0 Å². The summed E-state index contributed by atoms with van der Waals surface area (Å²) in [7, 11) is 1.26. The minimum atomic E-state index is -1.47. The summed E-state index contributed by atoms with van der Waals surface area (Å²) in [5.74, 6) is 2.74. The predicted molar refractivity (Wildman–Crippen MR) is 333 cm³/mol. The number of ether oxygens (including phenoxy) is 2. The summed E-state index contributed by atoms with van der Waals surface area (Å²) in [5, 5.41) is 24.6. The Balaban J connectivity index is 0.000000138. The number of anilines is 4. The zero-order chi connectivity index (χ0) is 58.1. The molecule has 84 heavy (non-hydrogen) atoms. The number of carbonyl (C=O) groups is 2. The maximum Gasteiger partial charge on any atom is 0.488 e. The van der Waals surface area contributed by atoms with Gasteiger partial charge in [-0.2, -0.15) is 0 Å². The monoisotopic (exact) mass is 1180 g/mol.